The number of nitrogens with zero attached hydrogens (tertiary/aromatic N) is 1. The third-order valence-corrected chi connectivity index (χ3v) is 5.79. The van der Waals surface area contributed by atoms with E-state index in [1.807, 2.05) is 69.3 Å². The van der Waals surface area contributed by atoms with E-state index in [9.17, 15) is 9.59 Å². The summed E-state index contributed by atoms with van der Waals surface area (Å²) in [4.78, 5) is 27.7. The average molecular weight is 538 g/mol. The number of methoxy groups -OCH3 is 1. The monoisotopic (exact) mass is 538 g/mol. The molecule has 0 saturated carbocycles. The van der Waals surface area contributed by atoms with Crippen molar-refractivity contribution in [3.8, 4) is 11.5 Å². The topological polar surface area (TPSA) is 67.9 Å². The molecule has 2 aromatic carbocycles. The Bertz CT molecular complexity index is 840. The van der Waals surface area contributed by atoms with Crippen LogP contribution in [0.15, 0.2) is 48.5 Å². The molecular formula is C24H31IN2O4. The molecule has 0 saturated heterocycles. The van der Waals surface area contributed by atoms with Gasteiger partial charge in [0, 0.05) is 16.2 Å². The average Bonchev–Trinajstić information content (AvgIpc) is 2.78. The number of rotatable bonds is 11. The van der Waals surface area contributed by atoms with Gasteiger partial charge in [-0.1, -0.05) is 26.0 Å². The van der Waals surface area contributed by atoms with Crippen LogP contribution in [0.2, 0.25) is 0 Å². The fourth-order valence-corrected chi connectivity index (χ4v) is 3.41. The Morgan fingerprint density at radius 3 is 2.16 bits per heavy atom. The molecule has 0 aliphatic carbocycles. The molecule has 168 valence electrons. The van der Waals surface area contributed by atoms with Crippen molar-refractivity contribution < 1.29 is 19.1 Å². The second-order valence-electron chi connectivity index (χ2n) is 7.35. The molecule has 7 heteroatoms. The summed E-state index contributed by atoms with van der Waals surface area (Å²) in [5.74, 6) is 0.981. The van der Waals surface area contributed by atoms with Gasteiger partial charge >= 0.3 is 0 Å². The fraction of sp³-hybridized carbons (Fsp3) is 0.417. The first-order valence-corrected chi connectivity index (χ1v) is 11.6. The van der Waals surface area contributed by atoms with Crippen LogP contribution >= 0.6 is 22.6 Å². The number of ether oxygens (including phenoxy) is 2. The molecule has 0 fully saturated rings. The Labute approximate surface area is 198 Å². The first-order valence-electron chi connectivity index (χ1n) is 10.5. The highest BCUT2D eigenvalue weighted by molar-refractivity contribution is 14.1. The van der Waals surface area contributed by atoms with Crippen LogP contribution in [0.1, 0.15) is 39.2 Å². The maximum atomic E-state index is 13.2. The van der Waals surface area contributed by atoms with Gasteiger partial charge in [-0.05, 0) is 84.3 Å². The van der Waals surface area contributed by atoms with E-state index in [4.69, 9.17) is 9.47 Å². The fourth-order valence-electron chi connectivity index (χ4n) is 3.05. The second-order valence-corrected chi connectivity index (χ2v) is 8.60. The Kier molecular flexibility index (Phi) is 10.1. The minimum atomic E-state index is -0.580. The zero-order valence-corrected chi connectivity index (χ0v) is 20.7. The number of nitrogens with one attached hydrogen (secondary N) is 1. The van der Waals surface area contributed by atoms with Crippen LogP contribution < -0.4 is 14.8 Å². The minimum Gasteiger partial charge on any atom is -0.497 e. The summed E-state index contributed by atoms with van der Waals surface area (Å²) in [6.07, 6.45) is 1.33. The van der Waals surface area contributed by atoms with Crippen molar-refractivity contribution >= 4 is 34.4 Å². The molecule has 0 heterocycles. The lowest BCUT2D eigenvalue weighted by Crippen LogP contribution is -2.51. The van der Waals surface area contributed by atoms with Crippen molar-refractivity contribution in [3.63, 3.8) is 0 Å². The molecule has 2 aromatic rings. The molecule has 0 radical (unpaired) electrons. The van der Waals surface area contributed by atoms with Crippen LogP contribution in [-0.4, -0.2) is 42.5 Å². The number of halogens is 1. The summed E-state index contributed by atoms with van der Waals surface area (Å²) in [5.41, 5.74) is 0.915. The van der Waals surface area contributed by atoms with E-state index in [-0.39, 0.29) is 24.5 Å². The lowest BCUT2D eigenvalue weighted by atomic mass is 10.1. The molecule has 2 unspecified atom stereocenters. The SMILES string of the molecule is CCC(C)NC(=O)C(CC)N(Cc1ccc(OC)cc1)C(=O)COc1ccc(I)cc1. The second kappa shape index (κ2) is 12.5. The van der Waals surface area contributed by atoms with Crippen molar-refractivity contribution in [1.29, 1.82) is 0 Å². The van der Waals surface area contributed by atoms with Crippen LogP contribution in [0, 0.1) is 3.57 Å². The van der Waals surface area contributed by atoms with E-state index >= 15 is 0 Å². The Morgan fingerprint density at radius 1 is 1.00 bits per heavy atom. The summed E-state index contributed by atoms with van der Waals surface area (Å²) in [7, 11) is 1.61. The molecule has 31 heavy (non-hydrogen) atoms. The zero-order valence-electron chi connectivity index (χ0n) is 18.6. The largest absolute Gasteiger partial charge is 0.497 e. The molecule has 2 rings (SSSR count). The van der Waals surface area contributed by atoms with Crippen LogP contribution in [0.4, 0.5) is 0 Å². The van der Waals surface area contributed by atoms with Gasteiger partial charge in [-0.2, -0.15) is 0 Å². The quantitative estimate of drug-likeness (QED) is 0.431. The van der Waals surface area contributed by atoms with Gasteiger partial charge in [0.1, 0.15) is 17.5 Å². The van der Waals surface area contributed by atoms with Gasteiger partial charge in [0.05, 0.1) is 7.11 Å². The van der Waals surface area contributed by atoms with E-state index in [0.717, 1.165) is 21.3 Å². The van der Waals surface area contributed by atoms with Gasteiger partial charge < -0.3 is 19.7 Å². The number of hydrogen-bond donors (Lipinski definition) is 1. The summed E-state index contributed by atoms with van der Waals surface area (Å²) in [5, 5.41) is 3.01. The number of amides is 2. The maximum Gasteiger partial charge on any atom is 0.261 e. The third-order valence-electron chi connectivity index (χ3n) is 5.07. The van der Waals surface area contributed by atoms with Gasteiger partial charge in [-0.15, -0.1) is 0 Å². The summed E-state index contributed by atoms with van der Waals surface area (Å²) in [6, 6.07) is 14.5. The van der Waals surface area contributed by atoms with E-state index in [1.165, 1.54) is 0 Å². The van der Waals surface area contributed by atoms with Crippen molar-refractivity contribution in [1.82, 2.24) is 10.2 Å². The summed E-state index contributed by atoms with van der Waals surface area (Å²) < 4.78 is 12.0. The highest BCUT2D eigenvalue weighted by Crippen LogP contribution is 2.18. The maximum absolute atomic E-state index is 13.2. The zero-order chi connectivity index (χ0) is 22.8. The number of carbonyl (C=O) groups excluding carboxylic acids is 2. The molecule has 1 N–H and O–H groups in total. The van der Waals surface area contributed by atoms with Crippen LogP contribution in [-0.2, 0) is 16.1 Å². The molecule has 6 nitrogen and oxygen atoms in total. The smallest absolute Gasteiger partial charge is 0.261 e. The highest BCUT2D eigenvalue weighted by atomic mass is 127. The molecule has 0 spiro atoms. The van der Waals surface area contributed by atoms with Crippen molar-refractivity contribution in [3.05, 3.63) is 57.7 Å². The third kappa shape index (κ3) is 7.72. The number of hydrogen-bond acceptors (Lipinski definition) is 4. The molecule has 2 atom stereocenters. The molecular weight excluding hydrogens is 507 g/mol. The Morgan fingerprint density at radius 2 is 1.61 bits per heavy atom. The summed E-state index contributed by atoms with van der Waals surface area (Å²) >= 11 is 2.22. The molecule has 0 aliphatic heterocycles. The van der Waals surface area contributed by atoms with Gasteiger partial charge in [-0.3, -0.25) is 9.59 Å². The van der Waals surface area contributed by atoms with E-state index in [2.05, 4.69) is 27.9 Å². The minimum absolute atomic E-state index is 0.0440. The summed E-state index contributed by atoms with van der Waals surface area (Å²) in [6.45, 7) is 6.06. The van der Waals surface area contributed by atoms with E-state index < -0.39 is 6.04 Å². The van der Waals surface area contributed by atoms with Crippen LogP contribution in [0.3, 0.4) is 0 Å². The van der Waals surface area contributed by atoms with Crippen LogP contribution in [0.5, 0.6) is 11.5 Å². The van der Waals surface area contributed by atoms with Crippen molar-refractivity contribution in [2.45, 2.75) is 52.2 Å². The standard InChI is InChI=1S/C24H31IN2O4/c1-5-17(3)26-24(29)22(6-2)27(15-18-7-11-20(30-4)12-8-18)23(28)16-31-21-13-9-19(25)10-14-21/h7-14,17,22H,5-6,15-16H2,1-4H3,(H,26,29). The number of carbonyl (C=O) groups is 2. The Hall–Kier alpha value is -2.29. The van der Waals surface area contributed by atoms with E-state index in [1.54, 1.807) is 12.0 Å². The number of benzene rings is 2. The predicted octanol–water partition coefficient (Wildman–Crippen LogP) is 4.40. The molecule has 0 bridgehead atoms. The van der Waals surface area contributed by atoms with Gasteiger partial charge in [0.15, 0.2) is 6.61 Å². The van der Waals surface area contributed by atoms with E-state index in [0.29, 0.717) is 18.7 Å². The highest BCUT2D eigenvalue weighted by Gasteiger charge is 2.29. The lowest BCUT2D eigenvalue weighted by Gasteiger charge is -2.31. The molecule has 0 aliphatic rings. The van der Waals surface area contributed by atoms with Gasteiger partial charge in [0.2, 0.25) is 5.91 Å². The first-order chi connectivity index (χ1) is 14.9. The molecule has 0 aromatic heterocycles. The van der Waals surface area contributed by atoms with Gasteiger partial charge in [0.25, 0.3) is 5.91 Å². The van der Waals surface area contributed by atoms with Crippen molar-refractivity contribution in [2.24, 2.45) is 0 Å². The predicted molar refractivity (Wildman–Crippen MR) is 130 cm³/mol. The Balaban J connectivity index is 2.20. The van der Waals surface area contributed by atoms with Gasteiger partial charge in [-0.25, -0.2) is 0 Å². The molecule has 2 amide bonds. The van der Waals surface area contributed by atoms with Crippen molar-refractivity contribution in [2.75, 3.05) is 13.7 Å². The normalized spacial score (nSPS) is 12.5. The van der Waals surface area contributed by atoms with Crippen LogP contribution in [0.25, 0.3) is 0 Å². The lowest BCUT2D eigenvalue weighted by molar-refractivity contribution is -0.143. The first kappa shape index (κ1) is 25.0.